The molecule has 3 saturated carbocycles. The van der Waals surface area contributed by atoms with Crippen LogP contribution in [0.25, 0.3) is 0 Å². The van der Waals surface area contributed by atoms with E-state index in [9.17, 15) is 9.59 Å². The number of carbonyl (C=O) groups excluding carboxylic acids is 2. The highest BCUT2D eigenvalue weighted by molar-refractivity contribution is 6.74. The Hall–Kier alpha value is -0.763. The number of ether oxygens (including phenoxy) is 3. The number of hydrogen-bond acceptors (Lipinski definition) is 6. The van der Waals surface area contributed by atoms with Crippen molar-refractivity contribution in [2.24, 2.45) is 28.6 Å². The van der Waals surface area contributed by atoms with Crippen LogP contribution in [0.4, 0.5) is 0 Å². The Bertz CT molecular complexity index is 830. The van der Waals surface area contributed by atoms with Crippen LogP contribution in [0.5, 0.6) is 0 Å². The number of fused-ring (bicyclic) bond motifs is 2. The van der Waals surface area contributed by atoms with E-state index in [0.717, 1.165) is 51.2 Å². The summed E-state index contributed by atoms with van der Waals surface area (Å²) in [6.07, 6.45) is 8.30. The van der Waals surface area contributed by atoms with Gasteiger partial charge in [0.25, 0.3) is 0 Å². The Balaban J connectivity index is 1.60. The molecule has 3 aliphatic carbocycles. The third kappa shape index (κ3) is 4.64. The van der Waals surface area contributed by atoms with Gasteiger partial charge in [-0.3, -0.25) is 4.79 Å². The molecule has 0 amide bonds. The summed E-state index contributed by atoms with van der Waals surface area (Å²) in [5.41, 5.74) is -0.248. The molecule has 4 rings (SSSR count). The van der Waals surface area contributed by atoms with Gasteiger partial charge in [0.2, 0.25) is 0 Å². The Kier molecular flexibility index (Phi) is 7.66. The monoisotopic (exact) mass is 522 g/mol. The van der Waals surface area contributed by atoms with Crippen LogP contribution in [0.1, 0.15) is 92.9 Å². The van der Waals surface area contributed by atoms with Crippen LogP contribution in [0.2, 0.25) is 18.1 Å². The van der Waals surface area contributed by atoms with Crippen molar-refractivity contribution < 1.29 is 28.2 Å². The first-order chi connectivity index (χ1) is 16.7. The topological polar surface area (TPSA) is 71.1 Å². The van der Waals surface area contributed by atoms with Gasteiger partial charge in [-0.15, -0.1) is 0 Å². The molecule has 0 aromatic heterocycles. The van der Waals surface area contributed by atoms with E-state index in [2.05, 4.69) is 47.7 Å². The van der Waals surface area contributed by atoms with E-state index in [0.29, 0.717) is 19.6 Å². The van der Waals surface area contributed by atoms with Crippen LogP contribution in [0.15, 0.2) is 0 Å². The average Bonchev–Trinajstić information content (AvgIpc) is 3.36. The van der Waals surface area contributed by atoms with Crippen molar-refractivity contribution in [3.63, 3.8) is 0 Å². The van der Waals surface area contributed by atoms with Crippen LogP contribution in [0.3, 0.4) is 0 Å². The van der Waals surface area contributed by atoms with Gasteiger partial charge in [0.1, 0.15) is 12.4 Å². The summed E-state index contributed by atoms with van der Waals surface area (Å²) in [5, 5.41) is 0.158. The van der Waals surface area contributed by atoms with E-state index >= 15 is 0 Å². The zero-order chi connectivity index (χ0) is 26.6. The van der Waals surface area contributed by atoms with E-state index in [1.165, 1.54) is 6.92 Å². The Morgan fingerprint density at radius 1 is 1.03 bits per heavy atom. The molecule has 7 heteroatoms. The van der Waals surface area contributed by atoms with E-state index in [1.54, 1.807) is 0 Å². The molecule has 36 heavy (non-hydrogen) atoms. The summed E-state index contributed by atoms with van der Waals surface area (Å²) in [6.45, 7) is 18.9. The molecule has 1 saturated heterocycles. The first-order valence-corrected chi connectivity index (χ1v) is 17.2. The zero-order valence-electron chi connectivity index (χ0n) is 24.0. The highest BCUT2D eigenvalue weighted by atomic mass is 28.4. The number of esters is 1. The van der Waals surface area contributed by atoms with E-state index < -0.39 is 14.1 Å². The smallest absolute Gasteiger partial charge is 0.302 e. The van der Waals surface area contributed by atoms with Crippen molar-refractivity contribution in [1.29, 1.82) is 0 Å². The van der Waals surface area contributed by atoms with Gasteiger partial charge in [-0.2, -0.15) is 0 Å². The lowest BCUT2D eigenvalue weighted by Crippen LogP contribution is -2.58. The van der Waals surface area contributed by atoms with Crippen molar-refractivity contribution in [2.45, 2.75) is 129 Å². The minimum Gasteiger partial charge on any atom is -0.462 e. The van der Waals surface area contributed by atoms with Crippen molar-refractivity contribution in [1.82, 2.24) is 0 Å². The number of hydrogen-bond donors (Lipinski definition) is 0. The fourth-order valence-electron chi connectivity index (χ4n) is 8.08. The summed E-state index contributed by atoms with van der Waals surface area (Å²) in [5.74, 6) is -0.115. The molecule has 6 nitrogen and oxygen atoms in total. The molecule has 0 unspecified atom stereocenters. The van der Waals surface area contributed by atoms with Crippen LogP contribution >= 0.6 is 0 Å². The van der Waals surface area contributed by atoms with Gasteiger partial charge in [0.05, 0.1) is 13.2 Å². The lowest BCUT2D eigenvalue weighted by Gasteiger charge is -2.57. The maximum Gasteiger partial charge on any atom is 0.302 e. The normalized spacial score (nSPS) is 40.7. The molecule has 4 fully saturated rings. The third-order valence-electron chi connectivity index (χ3n) is 11.3. The summed E-state index contributed by atoms with van der Waals surface area (Å²) in [6, 6.07) is 0. The molecule has 206 valence electrons. The predicted octanol–water partition coefficient (Wildman–Crippen LogP) is 6.27. The van der Waals surface area contributed by atoms with Gasteiger partial charge >= 0.3 is 5.97 Å². The number of carbonyl (C=O) groups is 2. The first-order valence-electron chi connectivity index (χ1n) is 14.3. The summed E-state index contributed by atoms with van der Waals surface area (Å²) >= 11 is 0. The maximum atomic E-state index is 12.4. The van der Waals surface area contributed by atoms with Gasteiger partial charge in [0.15, 0.2) is 14.1 Å². The Labute approximate surface area is 219 Å². The van der Waals surface area contributed by atoms with Gasteiger partial charge in [-0.05, 0) is 68.0 Å². The lowest BCUT2D eigenvalue weighted by atomic mass is 9.51. The second-order valence-corrected chi connectivity index (χ2v) is 18.9. The molecule has 4 aliphatic rings. The number of rotatable bonds is 6. The van der Waals surface area contributed by atoms with Gasteiger partial charge in [-0.1, -0.05) is 34.6 Å². The van der Waals surface area contributed by atoms with Gasteiger partial charge in [0, 0.05) is 43.1 Å². The minimum absolute atomic E-state index is 0.0806. The second-order valence-electron chi connectivity index (χ2n) is 14.1. The molecule has 0 aromatic rings. The SMILES string of the molecule is CC(=O)O[C@@H]1[C@H]([C@@]2(C)CC[C@H](O[Si](C)(C)C(C)(C)C)C[C@@H]2CC=O)CC[C@@]2(C)[C@@H]1CCC21OCCO1. The molecule has 1 heterocycles. The molecule has 7 atom stereocenters. The fraction of sp³-hybridized carbons (Fsp3) is 0.931. The van der Waals surface area contributed by atoms with Crippen LogP contribution in [-0.2, 0) is 28.2 Å². The molecular formula is C29H50O6Si. The third-order valence-corrected chi connectivity index (χ3v) is 15.8. The summed E-state index contributed by atoms with van der Waals surface area (Å²) < 4.78 is 25.6. The molecular weight excluding hydrogens is 472 g/mol. The highest BCUT2D eigenvalue weighted by Gasteiger charge is 2.67. The Morgan fingerprint density at radius 3 is 2.25 bits per heavy atom. The largest absolute Gasteiger partial charge is 0.462 e. The maximum absolute atomic E-state index is 12.4. The lowest BCUT2D eigenvalue weighted by molar-refractivity contribution is -0.252. The fourth-order valence-corrected chi connectivity index (χ4v) is 9.48. The molecule has 0 radical (unpaired) electrons. The van der Waals surface area contributed by atoms with E-state index in [4.69, 9.17) is 18.6 Å². The quantitative estimate of drug-likeness (QED) is 0.232. The first kappa shape index (κ1) is 28.3. The van der Waals surface area contributed by atoms with Crippen molar-refractivity contribution >= 4 is 20.6 Å². The summed E-state index contributed by atoms with van der Waals surface area (Å²) in [4.78, 5) is 24.3. The van der Waals surface area contributed by atoms with Crippen LogP contribution in [0, 0.1) is 28.6 Å². The highest BCUT2D eigenvalue weighted by Crippen LogP contribution is 2.65. The van der Waals surface area contributed by atoms with E-state index in [1.807, 2.05) is 0 Å². The van der Waals surface area contributed by atoms with Crippen molar-refractivity contribution in [3.05, 3.63) is 0 Å². The van der Waals surface area contributed by atoms with Gasteiger partial charge in [-0.25, -0.2) is 0 Å². The standard InChI is InChI=1S/C29H50O6Si/c1-20(31)34-25-23(10-14-28(6)24(25)11-15-29(28)32-17-18-33-29)27(5)13-9-22(19-21(27)12-16-30)35-36(7,8)26(2,3)4/h16,21-25H,9-15,17-19H2,1-8H3/t21-,22-,23+,24+,25+,27-,28-/m0/s1. The van der Waals surface area contributed by atoms with Crippen molar-refractivity contribution in [2.75, 3.05) is 13.2 Å². The van der Waals surface area contributed by atoms with E-state index in [-0.39, 0.29) is 51.8 Å². The molecule has 1 spiro atoms. The van der Waals surface area contributed by atoms with Crippen LogP contribution in [-0.4, -0.2) is 51.8 Å². The average molecular weight is 523 g/mol. The molecule has 0 N–H and O–H groups in total. The molecule has 0 bridgehead atoms. The van der Waals surface area contributed by atoms with Crippen molar-refractivity contribution in [3.8, 4) is 0 Å². The van der Waals surface area contributed by atoms with Gasteiger partial charge < -0.3 is 23.4 Å². The predicted molar refractivity (Wildman–Crippen MR) is 142 cm³/mol. The zero-order valence-corrected chi connectivity index (χ0v) is 25.0. The summed E-state index contributed by atoms with van der Waals surface area (Å²) in [7, 11) is -1.90. The molecule has 0 aromatic carbocycles. The van der Waals surface area contributed by atoms with Crippen LogP contribution < -0.4 is 0 Å². The minimum atomic E-state index is -1.90. The second kappa shape index (κ2) is 9.76. The Morgan fingerprint density at radius 2 is 1.67 bits per heavy atom. The molecule has 1 aliphatic heterocycles. The number of aldehydes is 1.